The molecule has 7 nitrogen and oxygen atoms in total. The molecule has 144 valence electrons. The van der Waals surface area contributed by atoms with Gasteiger partial charge in [0.05, 0.1) is 21.2 Å². The van der Waals surface area contributed by atoms with Crippen molar-refractivity contribution in [3.63, 3.8) is 0 Å². The first-order valence-corrected chi connectivity index (χ1v) is 8.86. The number of amides is 1. The van der Waals surface area contributed by atoms with Crippen LogP contribution in [0.15, 0.2) is 42.5 Å². The normalized spacial score (nSPS) is 10.7. The van der Waals surface area contributed by atoms with Crippen LogP contribution >= 0.6 is 11.6 Å². The number of likely N-dealkylation sites (N-methyl/N-ethyl adjacent to an activating group) is 1. The van der Waals surface area contributed by atoms with E-state index in [2.05, 4.69) is 5.32 Å². The fourth-order valence-electron chi connectivity index (χ4n) is 2.45. The molecule has 27 heavy (non-hydrogen) atoms. The van der Waals surface area contributed by atoms with Gasteiger partial charge in [-0.3, -0.25) is 14.9 Å². The average Bonchev–Trinajstić information content (AvgIpc) is 2.63. The number of carbonyl (C=O) groups is 1. The number of ether oxygens (including phenoxy) is 1. The second kappa shape index (κ2) is 9.89. The van der Waals surface area contributed by atoms with Crippen molar-refractivity contribution in [3.8, 4) is 5.75 Å². The van der Waals surface area contributed by atoms with E-state index in [4.69, 9.17) is 16.3 Å². The molecule has 2 rings (SSSR count). The zero-order valence-electron chi connectivity index (χ0n) is 15.3. The number of nitrogens with one attached hydrogen (secondary N) is 1. The van der Waals surface area contributed by atoms with Gasteiger partial charge < -0.3 is 15.0 Å². The van der Waals surface area contributed by atoms with E-state index in [1.165, 1.54) is 6.07 Å². The summed E-state index contributed by atoms with van der Waals surface area (Å²) < 4.78 is 5.62. The quantitative estimate of drug-likeness (QED) is 0.517. The molecule has 0 saturated carbocycles. The molecule has 0 spiro atoms. The van der Waals surface area contributed by atoms with Crippen molar-refractivity contribution in [2.24, 2.45) is 0 Å². The van der Waals surface area contributed by atoms with Gasteiger partial charge in [-0.2, -0.15) is 0 Å². The lowest BCUT2D eigenvalue weighted by Gasteiger charge is -2.17. The molecule has 0 aromatic heterocycles. The smallest absolute Gasteiger partial charge is 0.274 e. The summed E-state index contributed by atoms with van der Waals surface area (Å²) in [5.74, 6) is 0.434. The van der Waals surface area contributed by atoms with Crippen LogP contribution in [0.25, 0.3) is 0 Å². The fourth-order valence-corrected chi connectivity index (χ4v) is 2.64. The van der Waals surface area contributed by atoms with Crippen LogP contribution in [-0.2, 0) is 4.79 Å². The lowest BCUT2D eigenvalue weighted by molar-refractivity contribution is -0.385. The number of rotatable bonds is 9. The van der Waals surface area contributed by atoms with Gasteiger partial charge in [0, 0.05) is 25.6 Å². The highest BCUT2D eigenvalue weighted by Crippen LogP contribution is 2.25. The topological polar surface area (TPSA) is 84.7 Å². The Balaban J connectivity index is 1.76. The predicted octanol–water partition coefficient (Wildman–Crippen LogP) is 3.90. The van der Waals surface area contributed by atoms with Crippen LogP contribution in [0.5, 0.6) is 5.75 Å². The largest absolute Gasteiger partial charge is 0.491 e. The van der Waals surface area contributed by atoms with Crippen molar-refractivity contribution >= 4 is 28.9 Å². The third-order valence-electron chi connectivity index (χ3n) is 4.06. The second-order valence-corrected chi connectivity index (χ2v) is 6.49. The molecule has 1 amide bonds. The van der Waals surface area contributed by atoms with Gasteiger partial charge in [-0.25, -0.2) is 0 Å². The summed E-state index contributed by atoms with van der Waals surface area (Å²) in [5.41, 5.74) is 0.887. The molecular weight excluding hydrogens is 370 g/mol. The molecule has 8 heteroatoms. The molecule has 2 aromatic carbocycles. The van der Waals surface area contributed by atoms with Crippen molar-refractivity contribution in [1.82, 2.24) is 4.90 Å². The minimum absolute atomic E-state index is 0.0124. The Hall–Kier alpha value is -2.64. The number of anilines is 1. The van der Waals surface area contributed by atoms with Crippen LogP contribution in [0.3, 0.4) is 0 Å². The summed E-state index contributed by atoms with van der Waals surface area (Å²) in [7, 11) is 1.89. The van der Waals surface area contributed by atoms with Gasteiger partial charge in [-0.05, 0) is 32.2 Å². The van der Waals surface area contributed by atoms with E-state index in [0.717, 1.165) is 0 Å². The zero-order valence-corrected chi connectivity index (χ0v) is 16.0. The van der Waals surface area contributed by atoms with Gasteiger partial charge in [-0.15, -0.1) is 0 Å². The highest BCUT2D eigenvalue weighted by molar-refractivity contribution is 6.32. The molecule has 0 unspecified atom stereocenters. The molecule has 0 bridgehead atoms. The summed E-state index contributed by atoms with van der Waals surface area (Å²) in [6.07, 6.45) is 0.269. The predicted molar refractivity (Wildman–Crippen MR) is 106 cm³/mol. The summed E-state index contributed by atoms with van der Waals surface area (Å²) in [4.78, 5) is 24.6. The Bertz CT molecular complexity index is 813. The number of nitro groups is 1. The minimum Gasteiger partial charge on any atom is -0.491 e. The molecule has 0 heterocycles. The van der Waals surface area contributed by atoms with Crippen LogP contribution < -0.4 is 10.1 Å². The molecule has 2 aromatic rings. The van der Waals surface area contributed by atoms with Gasteiger partial charge in [0.1, 0.15) is 12.4 Å². The summed E-state index contributed by atoms with van der Waals surface area (Å²) >= 11 is 6.03. The molecule has 0 aliphatic heterocycles. The van der Waals surface area contributed by atoms with Gasteiger partial charge in [0.25, 0.3) is 5.69 Å². The monoisotopic (exact) mass is 391 g/mol. The third kappa shape index (κ3) is 6.23. The summed E-state index contributed by atoms with van der Waals surface area (Å²) in [5, 5.41) is 14.3. The van der Waals surface area contributed by atoms with Crippen molar-refractivity contribution in [3.05, 3.63) is 63.2 Å². The number of nitrogens with zero attached hydrogens (tertiary/aromatic N) is 2. The maximum absolute atomic E-state index is 12.1. The van der Waals surface area contributed by atoms with Crippen molar-refractivity contribution in [2.45, 2.75) is 13.3 Å². The van der Waals surface area contributed by atoms with Crippen molar-refractivity contribution in [2.75, 3.05) is 32.1 Å². The lowest BCUT2D eigenvalue weighted by Crippen LogP contribution is -2.28. The van der Waals surface area contributed by atoms with E-state index in [0.29, 0.717) is 41.7 Å². The Kier molecular flexibility index (Phi) is 7.57. The second-order valence-electron chi connectivity index (χ2n) is 6.09. The van der Waals surface area contributed by atoms with E-state index < -0.39 is 4.92 Å². The van der Waals surface area contributed by atoms with Gasteiger partial charge in [0.15, 0.2) is 0 Å². The number of carbonyl (C=O) groups excluding carboxylic acids is 1. The van der Waals surface area contributed by atoms with Crippen LogP contribution in [0.4, 0.5) is 11.4 Å². The fraction of sp³-hybridized carbons (Fsp3) is 0.316. The first kappa shape index (κ1) is 20.7. The Labute approximate surface area is 163 Å². The first-order chi connectivity index (χ1) is 12.9. The van der Waals surface area contributed by atoms with Gasteiger partial charge in [0.2, 0.25) is 5.91 Å². The molecule has 0 aliphatic carbocycles. The Morgan fingerprint density at radius 1 is 1.22 bits per heavy atom. The SMILES string of the molecule is Cc1c(NC(=O)CCN(C)CCOc2ccccc2Cl)cccc1[N+](=O)[O-]. The van der Waals surface area contributed by atoms with E-state index in [9.17, 15) is 14.9 Å². The number of benzene rings is 2. The van der Waals surface area contributed by atoms with Crippen LogP contribution in [0.2, 0.25) is 5.02 Å². The van der Waals surface area contributed by atoms with E-state index in [-0.39, 0.29) is 18.0 Å². The van der Waals surface area contributed by atoms with Crippen molar-refractivity contribution in [1.29, 1.82) is 0 Å². The number of hydrogen-bond donors (Lipinski definition) is 1. The molecule has 1 N–H and O–H groups in total. The minimum atomic E-state index is -0.461. The third-order valence-corrected chi connectivity index (χ3v) is 4.38. The van der Waals surface area contributed by atoms with Crippen LogP contribution in [0, 0.1) is 17.0 Å². The number of nitro benzene ring substituents is 1. The maximum Gasteiger partial charge on any atom is 0.274 e. The number of para-hydroxylation sites is 1. The molecular formula is C19H22ClN3O4. The zero-order chi connectivity index (χ0) is 19.8. The number of halogens is 1. The molecule has 0 aliphatic rings. The first-order valence-electron chi connectivity index (χ1n) is 8.48. The summed E-state index contributed by atoms with van der Waals surface area (Å²) in [6, 6.07) is 11.9. The van der Waals surface area contributed by atoms with Gasteiger partial charge in [-0.1, -0.05) is 29.8 Å². The standard InChI is InChI=1S/C19H22ClN3O4/c1-14-16(7-5-8-17(14)23(25)26)21-19(24)10-11-22(2)12-13-27-18-9-4-3-6-15(18)20/h3-9H,10-13H2,1-2H3,(H,21,24). The summed E-state index contributed by atoms with van der Waals surface area (Å²) in [6.45, 7) is 3.23. The Morgan fingerprint density at radius 2 is 1.96 bits per heavy atom. The lowest BCUT2D eigenvalue weighted by atomic mass is 10.1. The Morgan fingerprint density at radius 3 is 2.67 bits per heavy atom. The molecule has 0 saturated heterocycles. The molecule has 0 atom stereocenters. The van der Waals surface area contributed by atoms with Gasteiger partial charge >= 0.3 is 0 Å². The highest BCUT2D eigenvalue weighted by atomic mass is 35.5. The van der Waals surface area contributed by atoms with Crippen LogP contribution in [-0.4, -0.2) is 42.5 Å². The van der Waals surface area contributed by atoms with E-state index in [1.54, 1.807) is 31.2 Å². The highest BCUT2D eigenvalue weighted by Gasteiger charge is 2.15. The number of hydrogen-bond acceptors (Lipinski definition) is 5. The molecule has 0 radical (unpaired) electrons. The molecule has 0 fully saturated rings. The van der Waals surface area contributed by atoms with Crippen molar-refractivity contribution < 1.29 is 14.5 Å². The van der Waals surface area contributed by atoms with E-state index in [1.807, 2.05) is 24.1 Å². The average molecular weight is 392 g/mol. The maximum atomic E-state index is 12.1. The van der Waals surface area contributed by atoms with E-state index >= 15 is 0 Å². The van der Waals surface area contributed by atoms with Crippen LogP contribution in [0.1, 0.15) is 12.0 Å².